The van der Waals surface area contributed by atoms with Crippen molar-refractivity contribution < 1.29 is 28.2 Å². The SMILES string of the molecule is CC1CCN(C[C@@H]2c3c(OCc4nnn(C)c4C(F)F)ccc(Cl)c3CCN2C(=O)O)C1=O. The molecule has 9 nitrogen and oxygen atoms in total. The van der Waals surface area contributed by atoms with Gasteiger partial charge in [-0.2, -0.15) is 0 Å². The van der Waals surface area contributed by atoms with Crippen LogP contribution in [-0.2, 0) is 24.9 Å². The highest BCUT2D eigenvalue weighted by Crippen LogP contribution is 2.41. The minimum atomic E-state index is -2.78. The molecule has 12 heteroatoms. The van der Waals surface area contributed by atoms with Crippen LogP contribution < -0.4 is 4.74 Å². The molecule has 1 fully saturated rings. The number of halogens is 3. The highest BCUT2D eigenvalue weighted by molar-refractivity contribution is 6.31. The second-order valence-electron chi connectivity index (χ2n) is 8.29. The summed E-state index contributed by atoms with van der Waals surface area (Å²) in [7, 11) is 1.37. The molecule has 33 heavy (non-hydrogen) atoms. The molecule has 1 aromatic heterocycles. The quantitative estimate of drug-likeness (QED) is 0.675. The Balaban J connectivity index is 1.69. The normalized spacial score (nSPS) is 20.5. The number of rotatable bonds is 6. The van der Waals surface area contributed by atoms with Crippen LogP contribution in [0.1, 0.15) is 48.3 Å². The molecule has 1 unspecified atom stereocenters. The number of carboxylic acid groups (broad SMARTS) is 1. The van der Waals surface area contributed by atoms with Crippen LogP contribution in [0.2, 0.25) is 5.02 Å². The van der Waals surface area contributed by atoms with Gasteiger partial charge in [0.2, 0.25) is 5.91 Å². The summed E-state index contributed by atoms with van der Waals surface area (Å²) in [4.78, 5) is 27.5. The van der Waals surface area contributed by atoms with E-state index >= 15 is 0 Å². The summed E-state index contributed by atoms with van der Waals surface area (Å²) in [6.45, 7) is 2.48. The van der Waals surface area contributed by atoms with Crippen LogP contribution in [0, 0.1) is 5.92 Å². The van der Waals surface area contributed by atoms with Crippen molar-refractivity contribution in [3.63, 3.8) is 0 Å². The van der Waals surface area contributed by atoms with Gasteiger partial charge >= 0.3 is 6.09 Å². The van der Waals surface area contributed by atoms with Crippen molar-refractivity contribution in [1.82, 2.24) is 24.8 Å². The van der Waals surface area contributed by atoms with Gasteiger partial charge in [-0.05, 0) is 30.5 Å². The number of carbonyl (C=O) groups is 2. The van der Waals surface area contributed by atoms with Crippen molar-refractivity contribution in [2.24, 2.45) is 13.0 Å². The molecule has 0 radical (unpaired) electrons. The molecule has 3 heterocycles. The first-order valence-electron chi connectivity index (χ1n) is 10.6. The first-order chi connectivity index (χ1) is 15.7. The van der Waals surface area contributed by atoms with Gasteiger partial charge in [-0.3, -0.25) is 9.69 Å². The number of alkyl halides is 2. The molecule has 0 aliphatic carbocycles. The molecule has 1 aromatic carbocycles. The average Bonchev–Trinajstić information content (AvgIpc) is 3.30. The van der Waals surface area contributed by atoms with Crippen LogP contribution in [0.15, 0.2) is 12.1 Å². The molecule has 0 saturated carbocycles. The topological polar surface area (TPSA) is 101 Å². The predicted octanol–water partition coefficient (Wildman–Crippen LogP) is 3.43. The lowest BCUT2D eigenvalue weighted by atomic mass is 9.91. The van der Waals surface area contributed by atoms with E-state index in [0.29, 0.717) is 35.7 Å². The zero-order valence-corrected chi connectivity index (χ0v) is 18.9. The molecular weight excluding hydrogens is 460 g/mol. The van der Waals surface area contributed by atoms with E-state index in [1.54, 1.807) is 17.0 Å². The number of hydrogen-bond acceptors (Lipinski definition) is 5. The molecule has 1 N–H and O–H groups in total. The van der Waals surface area contributed by atoms with Crippen LogP contribution in [0.4, 0.5) is 13.6 Å². The molecule has 178 valence electrons. The lowest BCUT2D eigenvalue weighted by Crippen LogP contribution is -2.45. The summed E-state index contributed by atoms with van der Waals surface area (Å²) in [5, 5.41) is 17.7. The van der Waals surface area contributed by atoms with Crippen LogP contribution in [0.3, 0.4) is 0 Å². The van der Waals surface area contributed by atoms with Crippen molar-refractivity contribution in [2.75, 3.05) is 19.6 Å². The number of fused-ring (bicyclic) bond motifs is 1. The van der Waals surface area contributed by atoms with Crippen molar-refractivity contribution in [3.05, 3.63) is 39.7 Å². The third-order valence-corrected chi connectivity index (χ3v) is 6.65. The fourth-order valence-corrected chi connectivity index (χ4v) is 4.79. The molecular formula is C21H24ClF2N5O4. The maximum atomic E-state index is 13.4. The van der Waals surface area contributed by atoms with E-state index in [0.717, 1.165) is 10.2 Å². The van der Waals surface area contributed by atoms with Crippen LogP contribution in [-0.4, -0.2) is 61.5 Å². The van der Waals surface area contributed by atoms with Crippen molar-refractivity contribution in [2.45, 2.75) is 38.8 Å². The van der Waals surface area contributed by atoms with Crippen LogP contribution >= 0.6 is 11.6 Å². The van der Waals surface area contributed by atoms with Crippen molar-refractivity contribution in [3.8, 4) is 5.75 Å². The fourth-order valence-electron chi connectivity index (χ4n) is 4.53. The van der Waals surface area contributed by atoms with Gasteiger partial charge in [0.25, 0.3) is 6.43 Å². The summed E-state index contributed by atoms with van der Waals surface area (Å²) in [6, 6.07) is 2.52. The van der Waals surface area contributed by atoms with Crippen molar-refractivity contribution >= 4 is 23.6 Å². The number of aromatic nitrogens is 3. The maximum Gasteiger partial charge on any atom is 0.407 e. The second-order valence-corrected chi connectivity index (χ2v) is 8.70. The first-order valence-corrected chi connectivity index (χ1v) is 11.0. The number of aryl methyl sites for hydroxylation is 1. The minimum Gasteiger partial charge on any atom is -0.487 e. The largest absolute Gasteiger partial charge is 0.487 e. The number of ether oxygens (including phenoxy) is 1. The first kappa shape index (κ1) is 23.2. The van der Waals surface area contributed by atoms with Crippen molar-refractivity contribution in [1.29, 1.82) is 0 Å². The van der Waals surface area contributed by atoms with Gasteiger partial charge in [0.1, 0.15) is 23.7 Å². The number of carbonyl (C=O) groups excluding carboxylic acids is 1. The third-order valence-electron chi connectivity index (χ3n) is 6.29. The number of amides is 2. The molecule has 4 rings (SSSR count). The lowest BCUT2D eigenvalue weighted by molar-refractivity contribution is -0.131. The van der Waals surface area contributed by atoms with E-state index in [9.17, 15) is 23.5 Å². The Hall–Kier alpha value is -2.95. The van der Waals surface area contributed by atoms with Crippen LogP contribution in [0.25, 0.3) is 0 Å². The van der Waals surface area contributed by atoms with E-state index in [2.05, 4.69) is 10.3 Å². The molecule has 2 aromatic rings. The Kier molecular flexibility index (Phi) is 6.42. The Morgan fingerprint density at radius 2 is 2.12 bits per heavy atom. The molecule has 2 amide bonds. The summed E-state index contributed by atoms with van der Waals surface area (Å²) >= 11 is 6.44. The zero-order valence-electron chi connectivity index (χ0n) is 18.2. The summed E-state index contributed by atoms with van der Waals surface area (Å²) in [5.74, 6) is 0.167. The Morgan fingerprint density at radius 1 is 1.36 bits per heavy atom. The fraction of sp³-hybridized carbons (Fsp3) is 0.524. The van der Waals surface area contributed by atoms with Gasteiger partial charge in [-0.15, -0.1) is 5.10 Å². The van der Waals surface area contributed by atoms with E-state index in [-0.39, 0.29) is 42.9 Å². The Morgan fingerprint density at radius 3 is 2.76 bits per heavy atom. The van der Waals surface area contributed by atoms with E-state index in [1.807, 2.05) is 6.92 Å². The Labute approximate surface area is 193 Å². The average molecular weight is 484 g/mol. The second kappa shape index (κ2) is 9.12. The molecule has 2 atom stereocenters. The van der Waals surface area contributed by atoms with Crippen LogP contribution in [0.5, 0.6) is 5.75 Å². The van der Waals surface area contributed by atoms with Gasteiger partial charge in [-0.1, -0.05) is 23.7 Å². The van der Waals surface area contributed by atoms with E-state index < -0.39 is 18.6 Å². The molecule has 0 spiro atoms. The van der Waals surface area contributed by atoms with Gasteiger partial charge in [0, 0.05) is 43.2 Å². The summed E-state index contributed by atoms with van der Waals surface area (Å²) < 4.78 is 33.7. The van der Waals surface area contributed by atoms with Gasteiger partial charge < -0.3 is 14.7 Å². The standard InChI is InChI=1S/C21H24ClF2N5O4/c1-11-5-7-28(20(11)30)9-15-17-12(6-8-29(15)21(31)32)13(22)3-4-16(17)33-10-14-18(19(23)24)27(2)26-25-14/h3-4,11,15,19H,5-10H2,1-2H3,(H,31,32)/t11?,15-/m1/s1. The highest BCUT2D eigenvalue weighted by Gasteiger charge is 2.39. The zero-order chi connectivity index (χ0) is 23.9. The summed E-state index contributed by atoms with van der Waals surface area (Å²) in [6.07, 6.45) is -2.83. The van der Waals surface area contributed by atoms with Gasteiger partial charge in [0.05, 0.1) is 6.04 Å². The molecule has 1 saturated heterocycles. The van der Waals surface area contributed by atoms with Gasteiger partial charge in [0.15, 0.2) is 0 Å². The Bertz CT molecular complexity index is 1080. The molecule has 2 aliphatic heterocycles. The lowest BCUT2D eigenvalue weighted by Gasteiger charge is -2.38. The van der Waals surface area contributed by atoms with E-state index in [4.69, 9.17) is 16.3 Å². The molecule has 2 aliphatic rings. The number of nitrogens with zero attached hydrogens (tertiary/aromatic N) is 5. The highest BCUT2D eigenvalue weighted by atomic mass is 35.5. The van der Waals surface area contributed by atoms with E-state index in [1.165, 1.54) is 11.9 Å². The summed E-state index contributed by atoms with van der Waals surface area (Å²) in [5.41, 5.74) is 0.913. The maximum absolute atomic E-state index is 13.4. The smallest absolute Gasteiger partial charge is 0.407 e. The minimum absolute atomic E-state index is 0.0119. The predicted molar refractivity (Wildman–Crippen MR) is 113 cm³/mol. The molecule has 0 bridgehead atoms. The third kappa shape index (κ3) is 4.33. The number of likely N-dealkylation sites (tertiary alicyclic amines) is 1. The number of hydrogen-bond donors (Lipinski definition) is 1. The number of benzene rings is 1. The van der Waals surface area contributed by atoms with Gasteiger partial charge in [-0.25, -0.2) is 18.3 Å². The monoisotopic (exact) mass is 483 g/mol.